The molecule has 0 aromatic carbocycles. The first-order chi connectivity index (χ1) is 8.81. The van der Waals surface area contributed by atoms with Crippen LogP contribution in [-0.2, 0) is 16.1 Å². The van der Waals surface area contributed by atoms with E-state index in [9.17, 15) is 0 Å². The maximum atomic E-state index is 6.05. The van der Waals surface area contributed by atoms with E-state index in [4.69, 9.17) is 9.47 Å². The van der Waals surface area contributed by atoms with Crippen molar-refractivity contribution in [2.75, 3.05) is 13.2 Å². The Bertz CT molecular complexity index is 396. The van der Waals surface area contributed by atoms with E-state index < -0.39 is 0 Å². The highest BCUT2D eigenvalue weighted by Gasteiger charge is 2.34. The molecule has 3 heterocycles. The van der Waals surface area contributed by atoms with Crippen molar-refractivity contribution in [3.8, 4) is 0 Å². The third kappa shape index (κ3) is 2.91. The average Bonchev–Trinajstić information content (AvgIpc) is 2.97. The molecule has 3 atom stereocenters. The van der Waals surface area contributed by atoms with Crippen molar-refractivity contribution in [3.63, 3.8) is 0 Å². The quantitative estimate of drug-likeness (QED) is 0.905. The SMILES string of the molecule is Cc1nc(COC[C@H]2CC[C@H]3NCC[C@H]3O2)cs1. The molecule has 1 aromatic heterocycles. The molecule has 2 fully saturated rings. The lowest BCUT2D eigenvalue weighted by atomic mass is 10.0. The van der Waals surface area contributed by atoms with Gasteiger partial charge in [0.25, 0.3) is 0 Å². The minimum atomic E-state index is 0.269. The Labute approximate surface area is 112 Å². The van der Waals surface area contributed by atoms with Crippen LogP contribution >= 0.6 is 11.3 Å². The Morgan fingerprint density at radius 3 is 3.28 bits per heavy atom. The third-order valence-electron chi connectivity index (χ3n) is 3.67. The monoisotopic (exact) mass is 268 g/mol. The zero-order chi connectivity index (χ0) is 12.4. The average molecular weight is 268 g/mol. The Balaban J connectivity index is 1.41. The van der Waals surface area contributed by atoms with E-state index in [0.717, 1.165) is 30.1 Å². The lowest BCUT2D eigenvalue weighted by Crippen LogP contribution is -2.41. The van der Waals surface area contributed by atoms with E-state index in [1.165, 1.54) is 6.42 Å². The van der Waals surface area contributed by atoms with Gasteiger partial charge in [0.05, 0.1) is 36.1 Å². The second-order valence-electron chi connectivity index (χ2n) is 5.10. The van der Waals surface area contributed by atoms with Crippen molar-refractivity contribution in [2.45, 2.75) is 51.0 Å². The van der Waals surface area contributed by atoms with Crippen molar-refractivity contribution in [3.05, 3.63) is 16.1 Å². The van der Waals surface area contributed by atoms with Gasteiger partial charge in [-0.15, -0.1) is 11.3 Å². The van der Waals surface area contributed by atoms with Crippen LogP contribution in [-0.4, -0.2) is 36.4 Å². The number of ether oxygens (including phenoxy) is 2. The van der Waals surface area contributed by atoms with E-state index in [1.54, 1.807) is 11.3 Å². The van der Waals surface area contributed by atoms with Gasteiger partial charge in [0.1, 0.15) is 0 Å². The Kier molecular flexibility index (Phi) is 3.94. The highest BCUT2D eigenvalue weighted by molar-refractivity contribution is 7.09. The molecule has 5 heteroatoms. The molecule has 0 radical (unpaired) electrons. The van der Waals surface area contributed by atoms with E-state index in [-0.39, 0.29) is 6.10 Å². The molecule has 0 unspecified atom stereocenters. The summed E-state index contributed by atoms with van der Waals surface area (Å²) in [6, 6.07) is 0.586. The first kappa shape index (κ1) is 12.5. The second kappa shape index (κ2) is 5.65. The fraction of sp³-hybridized carbons (Fsp3) is 0.769. The molecule has 1 aromatic rings. The molecule has 0 amide bonds. The fourth-order valence-corrected chi connectivity index (χ4v) is 3.36. The largest absolute Gasteiger partial charge is 0.372 e. The molecule has 0 saturated carbocycles. The van der Waals surface area contributed by atoms with E-state index >= 15 is 0 Å². The molecular formula is C13H20N2O2S. The fourth-order valence-electron chi connectivity index (χ4n) is 2.77. The van der Waals surface area contributed by atoms with Gasteiger partial charge in [-0.05, 0) is 32.7 Å². The van der Waals surface area contributed by atoms with Gasteiger partial charge in [-0.2, -0.15) is 0 Å². The van der Waals surface area contributed by atoms with Crippen LogP contribution in [0.1, 0.15) is 30.0 Å². The minimum Gasteiger partial charge on any atom is -0.372 e. The summed E-state index contributed by atoms with van der Waals surface area (Å²) >= 11 is 1.67. The van der Waals surface area contributed by atoms with Crippen molar-refractivity contribution >= 4 is 11.3 Å². The maximum Gasteiger partial charge on any atom is 0.0898 e. The maximum absolute atomic E-state index is 6.05. The summed E-state index contributed by atoms with van der Waals surface area (Å²) in [5.74, 6) is 0. The molecule has 2 saturated heterocycles. The van der Waals surface area contributed by atoms with Gasteiger partial charge in [0.2, 0.25) is 0 Å². The molecule has 0 spiro atoms. The number of aromatic nitrogens is 1. The van der Waals surface area contributed by atoms with Crippen LogP contribution in [0.4, 0.5) is 0 Å². The molecular weight excluding hydrogens is 248 g/mol. The summed E-state index contributed by atoms with van der Waals surface area (Å²) in [6.07, 6.45) is 4.14. The molecule has 2 aliphatic rings. The lowest BCUT2D eigenvalue weighted by Gasteiger charge is -2.32. The third-order valence-corrected chi connectivity index (χ3v) is 4.49. The molecule has 1 N–H and O–H groups in total. The minimum absolute atomic E-state index is 0.269. The second-order valence-corrected chi connectivity index (χ2v) is 6.16. The zero-order valence-corrected chi connectivity index (χ0v) is 11.5. The summed E-state index contributed by atoms with van der Waals surface area (Å²) in [4.78, 5) is 4.39. The first-order valence-electron chi connectivity index (χ1n) is 6.69. The van der Waals surface area contributed by atoms with Crippen LogP contribution in [0, 0.1) is 6.92 Å². The number of hydrogen-bond acceptors (Lipinski definition) is 5. The molecule has 2 aliphatic heterocycles. The standard InChI is InChI=1S/C13H20N2O2S/c1-9-15-10(8-18-9)6-16-7-11-2-3-12-13(17-11)4-5-14-12/h8,11-14H,2-7H2,1H3/t11-,12-,13-/m1/s1. The predicted octanol–water partition coefficient (Wildman–Crippen LogP) is 1.88. The Morgan fingerprint density at radius 1 is 1.50 bits per heavy atom. The van der Waals surface area contributed by atoms with Crippen LogP contribution in [0.5, 0.6) is 0 Å². The number of rotatable bonds is 4. The topological polar surface area (TPSA) is 43.4 Å². The van der Waals surface area contributed by atoms with Crippen molar-refractivity contribution < 1.29 is 9.47 Å². The summed E-state index contributed by atoms with van der Waals surface area (Å²) in [7, 11) is 0. The Hall–Kier alpha value is -0.490. The van der Waals surface area contributed by atoms with Crippen molar-refractivity contribution in [2.24, 2.45) is 0 Å². The summed E-state index contributed by atoms with van der Waals surface area (Å²) in [6.45, 7) is 4.42. The predicted molar refractivity (Wildman–Crippen MR) is 70.8 cm³/mol. The highest BCUT2D eigenvalue weighted by atomic mass is 32.1. The van der Waals surface area contributed by atoms with Crippen molar-refractivity contribution in [1.29, 1.82) is 0 Å². The number of thiazole rings is 1. The van der Waals surface area contributed by atoms with E-state index in [2.05, 4.69) is 15.7 Å². The highest BCUT2D eigenvalue weighted by Crippen LogP contribution is 2.25. The van der Waals surface area contributed by atoms with Gasteiger partial charge < -0.3 is 14.8 Å². The normalized spacial score (nSPS) is 31.5. The lowest BCUT2D eigenvalue weighted by molar-refractivity contribution is -0.0911. The van der Waals surface area contributed by atoms with Crippen molar-refractivity contribution in [1.82, 2.24) is 10.3 Å². The number of aryl methyl sites for hydroxylation is 1. The molecule has 0 aliphatic carbocycles. The molecule has 3 rings (SSSR count). The smallest absolute Gasteiger partial charge is 0.0898 e. The number of nitrogens with zero attached hydrogens (tertiary/aromatic N) is 1. The van der Waals surface area contributed by atoms with Gasteiger partial charge in [0.15, 0.2) is 0 Å². The number of hydrogen-bond donors (Lipinski definition) is 1. The van der Waals surface area contributed by atoms with Crippen LogP contribution in [0.15, 0.2) is 5.38 Å². The van der Waals surface area contributed by atoms with Gasteiger partial charge in [-0.1, -0.05) is 0 Å². The summed E-state index contributed by atoms with van der Waals surface area (Å²) in [5, 5.41) is 6.65. The summed E-state index contributed by atoms with van der Waals surface area (Å²) in [5.41, 5.74) is 1.04. The molecule has 18 heavy (non-hydrogen) atoms. The van der Waals surface area contributed by atoms with Gasteiger partial charge in [-0.3, -0.25) is 0 Å². The molecule has 4 nitrogen and oxygen atoms in total. The molecule has 100 valence electrons. The van der Waals surface area contributed by atoms with E-state index in [0.29, 0.717) is 25.4 Å². The summed E-state index contributed by atoms with van der Waals surface area (Å²) < 4.78 is 11.8. The zero-order valence-electron chi connectivity index (χ0n) is 10.7. The van der Waals surface area contributed by atoms with Gasteiger partial charge in [0, 0.05) is 11.4 Å². The van der Waals surface area contributed by atoms with Crippen LogP contribution in [0.2, 0.25) is 0 Å². The Morgan fingerprint density at radius 2 is 2.44 bits per heavy atom. The van der Waals surface area contributed by atoms with Crippen LogP contribution in [0.25, 0.3) is 0 Å². The van der Waals surface area contributed by atoms with Gasteiger partial charge in [-0.25, -0.2) is 4.98 Å². The number of fused-ring (bicyclic) bond motifs is 1. The van der Waals surface area contributed by atoms with Crippen LogP contribution < -0.4 is 5.32 Å². The van der Waals surface area contributed by atoms with Gasteiger partial charge >= 0.3 is 0 Å². The molecule has 0 bridgehead atoms. The van der Waals surface area contributed by atoms with Crippen LogP contribution in [0.3, 0.4) is 0 Å². The first-order valence-corrected chi connectivity index (χ1v) is 7.57. The van der Waals surface area contributed by atoms with E-state index in [1.807, 2.05) is 6.92 Å². The number of nitrogens with one attached hydrogen (secondary N) is 1.